The third-order valence-corrected chi connectivity index (χ3v) is 4.92. The molecular weight excluding hydrogens is 319 g/mol. The molecule has 1 N–H and O–H groups in total. The zero-order chi connectivity index (χ0) is 17.4. The quantitative estimate of drug-likeness (QED) is 0.924. The van der Waals surface area contributed by atoms with E-state index in [9.17, 15) is 14.0 Å². The minimum atomic E-state index is -0.265. The van der Waals surface area contributed by atoms with Gasteiger partial charge in [0.1, 0.15) is 5.82 Å². The Balaban J connectivity index is 1.42. The fraction of sp³-hybridized carbons (Fsp3) is 0.300. The van der Waals surface area contributed by atoms with Gasteiger partial charge in [0.05, 0.1) is 0 Å². The van der Waals surface area contributed by atoms with Crippen molar-refractivity contribution in [3.8, 4) is 0 Å². The maximum absolute atomic E-state index is 13.0. The van der Waals surface area contributed by atoms with Gasteiger partial charge in [-0.05, 0) is 54.7 Å². The second-order valence-electron chi connectivity index (χ2n) is 6.69. The van der Waals surface area contributed by atoms with E-state index in [1.807, 2.05) is 24.3 Å². The molecule has 2 unspecified atom stereocenters. The Morgan fingerprint density at radius 3 is 2.68 bits per heavy atom. The average Bonchev–Trinajstić information content (AvgIpc) is 3.30. The van der Waals surface area contributed by atoms with E-state index in [-0.39, 0.29) is 29.5 Å². The van der Waals surface area contributed by atoms with Gasteiger partial charge in [0.2, 0.25) is 11.8 Å². The largest absolute Gasteiger partial charge is 0.326 e. The molecule has 2 amide bonds. The van der Waals surface area contributed by atoms with Crippen LogP contribution in [0.25, 0.3) is 0 Å². The topological polar surface area (TPSA) is 49.4 Å². The van der Waals surface area contributed by atoms with E-state index < -0.39 is 0 Å². The number of carbonyl (C=O) groups is 2. The molecular formula is C20H19FN2O2. The van der Waals surface area contributed by atoms with Crippen molar-refractivity contribution in [3.05, 3.63) is 59.9 Å². The number of halogens is 1. The first-order valence-electron chi connectivity index (χ1n) is 8.58. The van der Waals surface area contributed by atoms with Gasteiger partial charge in [-0.3, -0.25) is 9.59 Å². The van der Waals surface area contributed by atoms with Gasteiger partial charge in [0.25, 0.3) is 0 Å². The molecule has 1 saturated carbocycles. The fourth-order valence-corrected chi connectivity index (χ4v) is 3.47. The highest BCUT2D eigenvalue weighted by Crippen LogP contribution is 2.48. The van der Waals surface area contributed by atoms with Crippen LogP contribution in [0.4, 0.5) is 15.8 Å². The lowest BCUT2D eigenvalue weighted by Gasteiger charge is -2.16. The minimum absolute atomic E-state index is 0.0285. The van der Waals surface area contributed by atoms with E-state index in [2.05, 4.69) is 5.32 Å². The van der Waals surface area contributed by atoms with Crippen molar-refractivity contribution in [1.29, 1.82) is 0 Å². The first-order valence-corrected chi connectivity index (χ1v) is 8.58. The van der Waals surface area contributed by atoms with Gasteiger partial charge < -0.3 is 10.2 Å². The van der Waals surface area contributed by atoms with E-state index in [0.717, 1.165) is 30.6 Å². The minimum Gasteiger partial charge on any atom is -0.326 e. The summed E-state index contributed by atoms with van der Waals surface area (Å²) in [6, 6.07) is 13.8. The second-order valence-corrected chi connectivity index (χ2v) is 6.69. The maximum atomic E-state index is 13.0. The second kappa shape index (κ2) is 6.31. The van der Waals surface area contributed by atoms with Gasteiger partial charge in [-0.2, -0.15) is 0 Å². The van der Waals surface area contributed by atoms with Gasteiger partial charge in [0.15, 0.2) is 0 Å². The van der Waals surface area contributed by atoms with Crippen LogP contribution in [-0.4, -0.2) is 18.4 Å². The average molecular weight is 338 g/mol. The molecule has 0 aromatic heterocycles. The van der Waals surface area contributed by atoms with Crippen LogP contribution in [0.2, 0.25) is 0 Å². The van der Waals surface area contributed by atoms with Gasteiger partial charge in [-0.1, -0.05) is 18.2 Å². The van der Waals surface area contributed by atoms with E-state index >= 15 is 0 Å². The number of anilines is 2. The lowest BCUT2D eigenvalue weighted by molar-refractivity contribution is -0.118. The fourth-order valence-electron chi connectivity index (χ4n) is 3.47. The Kier molecular flexibility index (Phi) is 3.99. The summed E-state index contributed by atoms with van der Waals surface area (Å²) < 4.78 is 13.0. The molecule has 25 heavy (non-hydrogen) atoms. The summed E-state index contributed by atoms with van der Waals surface area (Å²) in [7, 11) is 0. The van der Waals surface area contributed by atoms with Crippen molar-refractivity contribution in [2.45, 2.75) is 25.2 Å². The van der Waals surface area contributed by atoms with Crippen LogP contribution in [0, 0.1) is 11.7 Å². The van der Waals surface area contributed by atoms with Crippen LogP contribution in [0.15, 0.2) is 48.5 Å². The number of carbonyl (C=O) groups excluding carboxylic acids is 2. The zero-order valence-corrected chi connectivity index (χ0v) is 13.7. The highest BCUT2D eigenvalue weighted by molar-refractivity contribution is 5.98. The molecule has 1 aliphatic heterocycles. The summed E-state index contributed by atoms with van der Waals surface area (Å²) in [4.78, 5) is 26.1. The molecule has 4 rings (SSSR count). The molecule has 2 atom stereocenters. The monoisotopic (exact) mass is 338 g/mol. The number of nitrogens with one attached hydrogen (secondary N) is 1. The van der Waals surface area contributed by atoms with Crippen molar-refractivity contribution < 1.29 is 14.0 Å². The summed E-state index contributed by atoms with van der Waals surface area (Å²) in [5, 5.41) is 2.94. The highest BCUT2D eigenvalue weighted by atomic mass is 19.1. The molecule has 0 spiro atoms. The van der Waals surface area contributed by atoms with Crippen LogP contribution in [0.5, 0.6) is 0 Å². The number of hydrogen-bond acceptors (Lipinski definition) is 2. The molecule has 2 fully saturated rings. The van der Waals surface area contributed by atoms with Gasteiger partial charge >= 0.3 is 0 Å². The van der Waals surface area contributed by atoms with Crippen LogP contribution in [0.3, 0.4) is 0 Å². The Morgan fingerprint density at radius 1 is 1.16 bits per heavy atom. The molecule has 4 nitrogen and oxygen atoms in total. The van der Waals surface area contributed by atoms with Gasteiger partial charge in [0, 0.05) is 30.3 Å². The molecule has 0 bridgehead atoms. The normalized spacial score (nSPS) is 22.1. The Bertz CT molecular complexity index is 819. The van der Waals surface area contributed by atoms with Gasteiger partial charge in [-0.15, -0.1) is 0 Å². The summed E-state index contributed by atoms with van der Waals surface area (Å²) in [5.74, 6) is -0.0913. The van der Waals surface area contributed by atoms with Crippen LogP contribution in [0.1, 0.15) is 30.7 Å². The summed E-state index contributed by atoms with van der Waals surface area (Å²) >= 11 is 0. The molecule has 1 heterocycles. The van der Waals surface area contributed by atoms with E-state index in [4.69, 9.17) is 0 Å². The van der Waals surface area contributed by atoms with Crippen molar-refractivity contribution in [2.24, 2.45) is 5.92 Å². The Hall–Kier alpha value is -2.69. The van der Waals surface area contributed by atoms with Crippen molar-refractivity contribution in [3.63, 3.8) is 0 Å². The number of rotatable bonds is 4. The highest BCUT2D eigenvalue weighted by Gasteiger charge is 2.43. The van der Waals surface area contributed by atoms with E-state index in [0.29, 0.717) is 12.1 Å². The van der Waals surface area contributed by atoms with Crippen LogP contribution < -0.4 is 10.2 Å². The molecule has 2 aliphatic rings. The number of nitrogens with zero attached hydrogens (tertiary/aromatic N) is 1. The smallest absolute Gasteiger partial charge is 0.228 e. The molecule has 2 aromatic carbocycles. The molecule has 128 valence electrons. The predicted molar refractivity (Wildman–Crippen MR) is 93.9 cm³/mol. The summed E-state index contributed by atoms with van der Waals surface area (Å²) in [6.45, 7) is 0.728. The lowest BCUT2D eigenvalue weighted by atomic mass is 10.1. The molecule has 2 aromatic rings. The number of amides is 2. The van der Waals surface area contributed by atoms with Crippen molar-refractivity contribution in [1.82, 2.24) is 0 Å². The first kappa shape index (κ1) is 15.8. The van der Waals surface area contributed by atoms with E-state index in [1.165, 1.54) is 12.1 Å². The molecule has 0 radical (unpaired) electrons. The van der Waals surface area contributed by atoms with Crippen molar-refractivity contribution >= 4 is 23.2 Å². The van der Waals surface area contributed by atoms with Gasteiger partial charge in [-0.25, -0.2) is 4.39 Å². The standard InChI is InChI=1S/C20H19FN2O2/c21-14-8-6-13(7-9-14)17-12-18(17)20(25)22-15-3-1-4-16(11-15)23-10-2-5-19(23)24/h1,3-4,6-9,11,17-18H,2,5,10,12H2,(H,22,25). The van der Waals surface area contributed by atoms with Crippen LogP contribution in [-0.2, 0) is 9.59 Å². The third kappa shape index (κ3) is 3.27. The molecule has 1 saturated heterocycles. The Morgan fingerprint density at radius 2 is 1.96 bits per heavy atom. The SMILES string of the molecule is O=C(Nc1cccc(N2CCCC2=O)c1)C1CC1c1ccc(F)cc1. The summed E-state index contributed by atoms with van der Waals surface area (Å²) in [6.07, 6.45) is 2.23. The maximum Gasteiger partial charge on any atom is 0.228 e. The van der Waals surface area contributed by atoms with Crippen LogP contribution >= 0.6 is 0 Å². The van der Waals surface area contributed by atoms with E-state index in [1.54, 1.807) is 17.0 Å². The zero-order valence-electron chi connectivity index (χ0n) is 13.7. The number of hydrogen-bond donors (Lipinski definition) is 1. The predicted octanol–water partition coefficient (Wildman–Crippen LogP) is 3.69. The molecule has 5 heteroatoms. The first-order chi connectivity index (χ1) is 12.1. The molecule has 1 aliphatic carbocycles. The summed E-state index contributed by atoms with van der Waals surface area (Å²) in [5.41, 5.74) is 2.52. The third-order valence-electron chi connectivity index (χ3n) is 4.92. The number of benzene rings is 2. The van der Waals surface area contributed by atoms with Crippen molar-refractivity contribution in [2.75, 3.05) is 16.8 Å². The Labute approximate surface area is 145 Å². The lowest BCUT2D eigenvalue weighted by Crippen LogP contribution is -2.23.